The fraction of sp³-hybridized carbons (Fsp3) is 0.385. The van der Waals surface area contributed by atoms with Crippen molar-refractivity contribution in [2.75, 3.05) is 19.0 Å². The predicted octanol–water partition coefficient (Wildman–Crippen LogP) is 1.41. The lowest BCUT2D eigenvalue weighted by atomic mass is 10.2. The molecule has 0 radical (unpaired) electrons. The SMILES string of the molecule is COc1cccc(NC(=O)CNC(=O)C(C)C)c1. The standard InChI is InChI=1S/C13H18N2O3/c1-9(2)13(17)14-8-12(16)15-10-5-4-6-11(7-10)18-3/h4-7,9H,8H2,1-3H3,(H,14,17)(H,15,16). The Bertz CT molecular complexity index is 430. The van der Waals surface area contributed by atoms with Crippen LogP contribution in [0.5, 0.6) is 5.75 Å². The molecule has 0 aliphatic heterocycles. The third-order valence-electron chi connectivity index (χ3n) is 2.30. The number of ether oxygens (including phenoxy) is 1. The minimum atomic E-state index is -0.266. The molecule has 0 aromatic heterocycles. The lowest BCUT2D eigenvalue weighted by molar-refractivity contribution is -0.126. The van der Waals surface area contributed by atoms with Gasteiger partial charge in [0, 0.05) is 17.7 Å². The second-order valence-electron chi connectivity index (χ2n) is 4.15. The fourth-order valence-electron chi connectivity index (χ4n) is 1.28. The molecule has 0 spiro atoms. The van der Waals surface area contributed by atoms with Gasteiger partial charge in [0.05, 0.1) is 13.7 Å². The van der Waals surface area contributed by atoms with E-state index in [4.69, 9.17) is 4.74 Å². The van der Waals surface area contributed by atoms with Crippen LogP contribution >= 0.6 is 0 Å². The van der Waals surface area contributed by atoms with E-state index in [1.807, 2.05) is 0 Å². The Labute approximate surface area is 107 Å². The molecule has 0 fully saturated rings. The van der Waals surface area contributed by atoms with Gasteiger partial charge in [-0.05, 0) is 12.1 Å². The van der Waals surface area contributed by atoms with Crippen molar-refractivity contribution in [3.05, 3.63) is 24.3 Å². The van der Waals surface area contributed by atoms with Gasteiger partial charge in [-0.2, -0.15) is 0 Å². The number of carbonyl (C=O) groups is 2. The van der Waals surface area contributed by atoms with Crippen LogP contribution in [0.4, 0.5) is 5.69 Å². The molecule has 0 aliphatic carbocycles. The minimum Gasteiger partial charge on any atom is -0.497 e. The van der Waals surface area contributed by atoms with Crippen LogP contribution in [0.3, 0.4) is 0 Å². The highest BCUT2D eigenvalue weighted by molar-refractivity contribution is 5.94. The summed E-state index contributed by atoms with van der Waals surface area (Å²) in [6.45, 7) is 3.51. The second kappa shape index (κ2) is 6.64. The van der Waals surface area contributed by atoms with Crippen LogP contribution < -0.4 is 15.4 Å². The van der Waals surface area contributed by atoms with E-state index in [9.17, 15) is 9.59 Å². The lowest BCUT2D eigenvalue weighted by Gasteiger charge is -2.09. The molecule has 5 heteroatoms. The van der Waals surface area contributed by atoms with Gasteiger partial charge in [0.1, 0.15) is 5.75 Å². The normalized spacial score (nSPS) is 10.0. The van der Waals surface area contributed by atoms with Crippen LogP contribution in [0.25, 0.3) is 0 Å². The molecule has 18 heavy (non-hydrogen) atoms. The number of hydrogen-bond donors (Lipinski definition) is 2. The van der Waals surface area contributed by atoms with Crippen LogP contribution in [-0.4, -0.2) is 25.5 Å². The monoisotopic (exact) mass is 250 g/mol. The summed E-state index contributed by atoms with van der Waals surface area (Å²) in [4.78, 5) is 22.9. The van der Waals surface area contributed by atoms with E-state index in [1.54, 1.807) is 45.2 Å². The quantitative estimate of drug-likeness (QED) is 0.830. The topological polar surface area (TPSA) is 67.4 Å². The highest BCUT2D eigenvalue weighted by atomic mass is 16.5. The van der Waals surface area contributed by atoms with Crippen molar-refractivity contribution in [1.29, 1.82) is 0 Å². The summed E-state index contributed by atoms with van der Waals surface area (Å²) >= 11 is 0. The Kier molecular flexibility index (Phi) is 5.17. The third-order valence-corrected chi connectivity index (χ3v) is 2.30. The summed E-state index contributed by atoms with van der Waals surface area (Å²) in [5, 5.41) is 5.23. The Balaban J connectivity index is 2.47. The molecule has 1 aromatic rings. The average Bonchev–Trinajstić information content (AvgIpc) is 2.36. The van der Waals surface area contributed by atoms with E-state index in [1.165, 1.54) is 0 Å². The van der Waals surface area contributed by atoms with E-state index >= 15 is 0 Å². The zero-order valence-electron chi connectivity index (χ0n) is 10.8. The van der Waals surface area contributed by atoms with Gasteiger partial charge in [0.15, 0.2) is 0 Å². The third kappa shape index (κ3) is 4.45. The molecule has 1 aromatic carbocycles. The van der Waals surface area contributed by atoms with Crippen molar-refractivity contribution in [2.45, 2.75) is 13.8 Å². The maximum Gasteiger partial charge on any atom is 0.243 e. The maximum atomic E-state index is 11.6. The second-order valence-corrected chi connectivity index (χ2v) is 4.15. The first-order valence-electron chi connectivity index (χ1n) is 5.74. The van der Waals surface area contributed by atoms with Gasteiger partial charge >= 0.3 is 0 Å². The summed E-state index contributed by atoms with van der Waals surface area (Å²) in [6.07, 6.45) is 0. The van der Waals surface area contributed by atoms with Crippen molar-refractivity contribution in [3.8, 4) is 5.75 Å². The van der Waals surface area contributed by atoms with Crippen molar-refractivity contribution in [1.82, 2.24) is 5.32 Å². The molecule has 2 N–H and O–H groups in total. The van der Waals surface area contributed by atoms with Crippen molar-refractivity contribution in [2.24, 2.45) is 5.92 Å². The van der Waals surface area contributed by atoms with Crippen molar-refractivity contribution < 1.29 is 14.3 Å². The molecule has 0 aliphatic rings. The summed E-state index contributed by atoms with van der Waals surface area (Å²) in [7, 11) is 1.56. The maximum absolute atomic E-state index is 11.6. The van der Waals surface area contributed by atoms with E-state index in [2.05, 4.69) is 10.6 Å². The Hall–Kier alpha value is -2.04. The zero-order chi connectivity index (χ0) is 13.5. The Morgan fingerprint density at radius 3 is 2.67 bits per heavy atom. The molecule has 98 valence electrons. The molecule has 2 amide bonds. The predicted molar refractivity (Wildman–Crippen MR) is 69.5 cm³/mol. The van der Waals surface area contributed by atoms with Crippen LogP contribution in [0.1, 0.15) is 13.8 Å². The molecule has 5 nitrogen and oxygen atoms in total. The first-order chi connectivity index (χ1) is 8.52. The molecule has 0 saturated heterocycles. The van der Waals surface area contributed by atoms with E-state index in [0.717, 1.165) is 0 Å². The summed E-state index contributed by atoms with van der Waals surface area (Å²) in [6, 6.07) is 7.03. The van der Waals surface area contributed by atoms with Gasteiger partial charge in [-0.3, -0.25) is 9.59 Å². The Morgan fingerprint density at radius 1 is 1.33 bits per heavy atom. The van der Waals surface area contributed by atoms with E-state index in [-0.39, 0.29) is 24.3 Å². The van der Waals surface area contributed by atoms with Gasteiger partial charge < -0.3 is 15.4 Å². The average molecular weight is 250 g/mol. The number of benzene rings is 1. The molecule has 0 saturated carbocycles. The number of carbonyl (C=O) groups excluding carboxylic acids is 2. The van der Waals surface area contributed by atoms with Crippen LogP contribution in [0.15, 0.2) is 24.3 Å². The smallest absolute Gasteiger partial charge is 0.243 e. The molecule has 0 unspecified atom stereocenters. The fourth-order valence-corrected chi connectivity index (χ4v) is 1.28. The highest BCUT2D eigenvalue weighted by Crippen LogP contribution is 2.16. The largest absolute Gasteiger partial charge is 0.497 e. The van der Waals surface area contributed by atoms with Crippen molar-refractivity contribution in [3.63, 3.8) is 0 Å². The summed E-state index contributed by atoms with van der Waals surface area (Å²) in [5.41, 5.74) is 0.637. The zero-order valence-corrected chi connectivity index (χ0v) is 10.8. The highest BCUT2D eigenvalue weighted by Gasteiger charge is 2.09. The molecule has 0 atom stereocenters. The number of nitrogens with one attached hydrogen (secondary N) is 2. The van der Waals surface area contributed by atoms with E-state index < -0.39 is 0 Å². The first kappa shape index (κ1) is 14.0. The molecule has 0 bridgehead atoms. The van der Waals surface area contributed by atoms with Gasteiger partial charge in [0.2, 0.25) is 11.8 Å². The number of methoxy groups -OCH3 is 1. The van der Waals surface area contributed by atoms with Gasteiger partial charge in [0.25, 0.3) is 0 Å². The van der Waals surface area contributed by atoms with Gasteiger partial charge in [-0.25, -0.2) is 0 Å². The molecule has 0 heterocycles. The van der Waals surface area contributed by atoms with Crippen molar-refractivity contribution >= 4 is 17.5 Å². The first-order valence-corrected chi connectivity index (χ1v) is 5.74. The Morgan fingerprint density at radius 2 is 2.06 bits per heavy atom. The van der Waals surface area contributed by atoms with E-state index in [0.29, 0.717) is 11.4 Å². The van der Waals surface area contributed by atoms with Gasteiger partial charge in [-0.15, -0.1) is 0 Å². The molecular formula is C13H18N2O3. The molecule has 1 rings (SSSR count). The van der Waals surface area contributed by atoms with Crippen LogP contribution in [0.2, 0.25) is 0 Å². The van der Waals surface area contributed by atoms with Crippen LogP contribution in [0, 0.1) is 5.92 Å². The van der Waals surface area contributed by atoms with Gasteiger partial charge in [-0.1, -0.05) is 19.9 Å². The lowest BCUT2D eigenvalue weighted by Crippen LogP contribution is -2.35. The number of amides is 2. The number of hydrogen-bond acceptors (Lipinski definition) is 3. The minimum absolute atomic E-state index is 0.0335. The number of anilines is 1. The van der Waals surface area contributed by atoms with Crippen LogP contribution in [-0.2, 0) is 9.59 Å². The number of rotatable bonds is 5. The molecular weight excluding hydrogens is 232 g/mol. The summed E-state index contributed by atoms with van der Waals surface area (Å²) < 4.78 is 5.05. The summed E-state index contributed by atoms with van der Waals surface area (Å²) in [5.74, 6) is 0.127.